The van der Waals surface area contributed by atoms with Gasteiger partial charge in [0.15, 0.2) is 0 Å². The van der Waals surface area contributed by atoms with Crippen molar-refractivity contribution in [2.45, 2.75) is 23.7 Å². The lowest BCUT2D eigenvalue weighted by Gasteiger charge is -2.42. The molecular weight excluding hydrogens is 176 g/mol. The average Bonchev–Trinajstić information content (AvgIpc) is 2.12. The summed E-state index contributed by atoms with van der Waals surface area (Å²) in [7, 11) is 0. The van der Waals surface area contributed by atoms with Gasteiger partial charge in [0.1, 0.15) is 11.2 Å². The fourth-order valence-electron chi connectivity index (χ4n) is 1.42. The molecule has 5 heteroatoms. The van der Waals surface area contributed by atoms with Crippen molar-refractivity contribution in [1.82, 2.24) is 0 Å². The summed E-state index contributed by atoms with van der Waals surface area (Å²) in [4.78, 5) is 0. The third-order valence-corrected chi connectivity index (χ3v) is 2.45. The van der Waals surface area contributed by atoms with Gasteiger partial charge in [-0.3, -0.25) is 0 Å². The van der Waals surface area contributed by atoms with E-state index in [2.05, 4.69) is 0 Å². The van der Waals surface area contributed by atoms with Gasteiger partial charge in [-0.15, -0.1) is 0 Å². The molecule has 0 unspecified atom stereocenters. The Morgan fingerprint density at radius 2 is 1.85 bits per heavy atom. The minimum Gasteiger partial charge on any atom is -0.393 e. The van der Waals surface area contributed by atoms with E-state index in [1.54, 1.807) is 0 Å². The Morgan fingerprint density at radius 3 is 2.31 bits per heavy atom. The third-order valence-electron chi connectivity index (χ3n) is 2.45. The summed E-state index contributed by atoms with van der Waals surface area (Å²) < 4.78 is 0. The van der Waals surface area contributed by atoms with Crippen LogP contribution in [-0.2, 0) is 0 Å². The standard InChI is InChI=1S/C8H14O5/c9-4-7(12)2-1-6(11)3-8(7,13)5-10/h1-2,6,9-13H,3-5H2/t6-,7-,8-/m1/s1. The second-order valence-electron chi connectivity index (χ2n) is 3.40. The van der Waals surface area contributed by atoms with Crippen molar-refractivity contribution >= 4 is 0 Å². The van der Waals surface area contributed by atoms with Crippen molar-refractivity contribution in [3.8, 4) is 0 Å². The zero-order valence-corrected chi connectivity index (χ0v) is 7.09. The van der Waals surface area contributed by atoms with Crippen LogP contribution in [0.1, 0.15) is 6.42 Å². The lowest BCUT2D eigenvalue weighted by Crippen LogP contribution is -2.61. The minimum absolute atomic E-state index is 0.197. The van der Waals surface area contributed by atoms with E-state index < -0.39 is 30.5 Å². The molecule has 1 aliphatic rings. The molecule has 76 valence electrons. The summed E-state index contributed by atoms with van der Waals surface area (Å²) in [6.07, 6.45) is 1.28. The highest BCUT2D eigenvalue weighted by molar-refractivity contribution is 5.19. The largest absolute Gasteiger partial charge is 0.393 e. The van der Waals surface area contributed by atoms with Gasteiger partial charge < -0.3 is 25.5 Å². The molecule has 1 rings (SSSR count). The normalized spacial score (nSPS) is 45.2. The predicted octanol–water partition coefficient (Wildman–Crippen LogP) is -2.25. The molecule has 0 aromatic heterocycles. The highest BCUT2D eigenvalue weighted by Crippen LogP contribution is 2.32. The number of hydrogen-bond acceptors (Lipinski definition) is 5. The molecule has 1 aliphatic carbocycles. The fourth-order valence-corrected chi connectivity index (χ4v) is 1.42. The van der Waals surface area contributed by atoms with Crippen LogP contribution in [0.5, 0.6) is 0 Å². The molecule has 0 saturated heterocycles. The van der Waals surface area contributed by atoms with Gasteiger partial charge in [-0.25, -0.2) is 0 Å². The quantitative estimate of drug-likeness (QED) is 0.317. The van der Waals surface area contributed by atoms with Gasteiger partial charge >= 0.3 is 0 Å². The van der Waals surface area contributed by atoms with E-state index in [1.165, 1.54) is 6.08 Å². The zero-order chi connectivity index (χ0) is 10.1. The lowest BCUT2D eigenvalue weighted by molar-refractivity contribution is -0.181. The Balaban J connectivity index is 2.99. The summed E-state index contributed by atoms with van der Waals surface area (Å²) in [5, 5.41) is 46.2. The molecule has 5 N–H and O–H groups in total. The first-order valence-electron chi connectivity index (χ1n) is 4.01. The first kappa shape index (κ1) is 10.6. The molecule has 0 aromatic rings. The number of aliphatic hydroxyl groups excluding tert-OH is 3. The van der Waals surface area contributed by atoms with Crippen molar-refractivity contribution in [3.05, 3.63) is 12.2 Å². The average molecular weight is 190 g/mol. The summed E-state index contributed by atoms with van der Waals surface area (Å²) in [5.74, 6) is 0. The maximum atomic E-state index is 9.70. The van der Waals surface area contributed by atoms with Gasteiger partial charge in [-0.2, -0.15) is 0 Å². The molecule has 0 fully saturated rings. The predicted molar refractivity (Wildman–Crippen MR) is 43.8 cm³/mol. The maximum Gasteiger partial charge on any atom is 0.137 e. The summed E-state index contributed by atoms with van der Waals surface area (Å²) in [6, 6.07) is 0. The van der Waals surface area contributed by atoms with Crippen molar-refractivity contribution in [2.24, 2.45) is 0 Å². The molecule has 13 heavy (non-hydrogen) atoms. The van der Waals surface area contributed by atoms with Crippen LogP contribution in [0.15, 0.2) is 12.2 Å². The van der Waals surface area contributed by atoms with Crippen LogP contribution in [0.3, 0.4) is 0 Å². The monoisotopic (exact) mass is 190 g/mol. The van der Waals surface area contributed by atoms with Gasteiger partial charge in [0, 0.05) is 6.42 Å². The highest BCUT2D eigenvalue weighted by atomic mass is 16.4. The Morgan fingerprint density at radius 1 is 1.23 bits per heavy atom. The van der Waals surface area contributed by atoms with Gasteiger partial charge in [0.2, 0.25) is 0 Å². The zero-order valence-electron chi connectivity index (χ0n) is 7.09. The Kier molecular flexibility index (Phi) is 2.74. The lowest BCUT2D eigenvalue weighted by atomic mass is 9.75. The minimum atomic E-state index is -1.88. The van der Waals surface area contributed by atoms with Gasteiger partial charge in [0.05, 0.1) is 19.3 Å². The number of rotatable bonds is 2. The van der Waals surface area contributed by atoms with Crippen LogP contribution >= 0.6 is 0 Å². The second-order valence-corrected chi connectivity index (χ2v) is 3.40. The van der Waals surface area contributed by atoms with Crippen molar-refractivity contribution in [2.75, 3.05) is 13.2 Å². The van der Waals surface area contributed by atoms with Crippen molar-refractivity contribution in [3.63, 3.8) is 0 Å². The molecule has 0 bridgehead atoms. The molecule has 0 amide bonds. The van der Waals surface area contributed by atoms with E-state index in [0.717, 1.165) is 6.08 Å². The number of hydrogen-bond donors (Lipinski definition) is 5. The Hall–Kier alpha value is -0.460. The maximum absolute atomic E-state index is 9.70. The van der Waals surface area contributed by atoms with Crippen LogP contribution in [-0.4, -0.2) is 56.1 Å². The molecule has 0 heterocycles. The van der Waals surface area contributed by atoms with Gasteiger partial charge in [-0.1, -0.05) is 6.08 Å². The molecule has 3 atom stereocenters. The van der Waals surface area contributed by atoms with Crippen molar-refractivity contribution < 1.29 is 25.5 Å². The molecule has 0 aliphatic heterocycles. The van der Waals surface area contributed by atoms with Crippen molar-refractivity contribution in [1.29, 1.82) is 0 Å². The van der Waals surface area contributed by atoms with Gasteiger partial charge in [0.25, 0.3) is 0 Å². The number of aliphatic hydroxyl groups is 5. The first-order valence-corrected chi connectivity index (χ1v) is 4.01. The van der Waals surface area contributed by atoms with E-state index in [1.807, 2.05) is 0 Å². The molecule has 0 spiro atoms. The van der Waals surface area contributed by atoms with Crippen LogP contribution in [0, 0.1) is 0 Å². The van der Waals surface area contributed by atoms with E-state index in [0.29, 0.717) is 0 Å². The van der Waals surface area contributed by atoms with Gasteiger partial charge in [-0.05, 0) is 6.08 Å². The van der Waals surface area contributed by atoms with Crippen LogP contribution in [0.4, 0.5) is 0 Å². The Labute approximate surface area is 75.6 Å². The summed E-state index contributed by atoms with van der Waals surface area (Å²) in [5.41, 5.74) is -3.75. The molecular formula is C8H14O5. The van der Waals surface area contributed by atoms with Crippen LogP contribution < -0.4 is 0 Å². The van der Waals surface area contributed by atoms with Crippen LogP contribution in [0.2, 0.25) is 0 Å². The highest BCUT2D eigenvalue weighted by Gasteiger charge is 2.50. The van der Waals surface area contributed by atoms with E-state index >= 15 is 0 Å². The van der Waals surface area contributed by atoms with E-state index in [9.17, 15) is 10.2 Å². The third kappa shape index (κ3) is 1.61. The topological polar surface area (TPSA) is 101 Å². The van der Waals surface area contributed by atoms with E-state index in [-0.39, 0.29) is 6.42 Å². The molecule has 0 radical (unpaired) electrons. The fraction of sp³-hybridized carbons (Fsp3) is 0.750. The summed E-state index contributed by atoms with van der Waals surface area (Å²) in [6.45, 7) is -1.42. The SMILES string of the molecule is OC[C@]1(O)C[C@H](O)C=C[C@@]1(O)CO. The van der Waals surface area contributed by atoms with E-state index in [4.69, 9.17) is 15.3 Å². The first-order chi connectivity index (χ1) is 5.97. The second kappa shape index (κ2) is 3.36. The molecule has 5 nitrogen and oxygen atoms in total. The molecule has 0 saturated carbocycles. The smallest absolute Gasteiger partial charge is 0.137 e. The Bertz CT molecular complexity index is 217. The molecule has 0 aromatic carbocycles. The van der Waals surface area contributed by atoms with Crippen LogP contribution in [0.25, 0.3) is 0 Å². The summed E-state index contributed by atoms with van der Waals surface area (Å²) >= 11 is 0.